The molecule has 1 aromatic heterocycles. The number of fused-ring (bicyclic) bond motifs is 3. The van der Waals surface area contributed by atoms with Gasteiger partial charge < -0.3 is 10.6 Å². The molecule has 0 bridgehead atoms. The Kier molecular flexibility index (Phi) is 3.54. The molecule has 4 heteroatoms. The summed E-state index contributed by atoms with van der Waals surface area (Å²) in [6, 6.07) is 18.2. The lowest BCUT2D eigenvalue weighted by atomic mass is 9.74. The first-order valence-corrected chi connectivity index (χ1v) is 9.40. The average molecular weight is 355 g/mol. The summed E-state index contributed by atoms with van der Waals surface area (Å²) >= 11 is 0. The van der Waals surface area contributed by atoms with Gasteiger partial charge in [-0.3, -0.25) is 4.79 Å². The van der Waals surface area contributed by atoms with Gasteiger partial charge in [-0.05, 0) is 36.1 Å². The molecule has 2 aromatic carbocycles. The van der Waals surface area contributed by atoms with E-state index in [-0.39, 0.29) is 5.41 Å². The van der Waals surface area contributed by atoms with Crippen molar-refractivity contribution in [2.75, 3.05) is 18.0 Å². The molecule has 0 saturated carbocycles. The third-order valence-corrected chi connectivity index (χ3v) is 6.03. The molecule has 2 N–H and O–H groups in total. The molecule has 2 heterocycles. The van der Waals surface area contributed by atoms with Crippen LogP contribution in [-0.2, 0) is 5.41 Å². The molecule has 0 atom stereocenters. The van der Waals surface area contributed by atoms with Crippen LogP contribution in [-0.4, -0.2) is 24.0 Å². The number of nitrogens with two attached hydrogens (primary N) is 1. The van der Waals surface area contributed by atoms with Gasteiger partial charge in [0.2, 0.25) is 5.91 Å². The van der Waals surface area contributed by atoms with Gasteiger partial charge in [-0.15, -0.1) is 0 Å². The normalized spacial score (nSPS) is 17.4. The molecule has 0 unspecified atom stereocenters. The van der Waals surface area contributed by atoms with Crippen LogP contribution in [0.5, 0.6) is 0 Å². The summed E-state index contributed by atoms with van der Waals surface area (Å²) in [6.45, 7) is 1.81. The number of para-hydroxylation sites is 1. The van der Waals surface area contributed by atoms with Crippen LogP contribution >= 0.6 is 0 Å². The van der Waals surface area contributed by atoms with Gasteiger partial charge in [-0.1, -0.05) is 54.6 Å². The number of rotatable bonds is 2. The Labute approximate surface area is 158 Å². The van der Waals surface area contributed by atoms with Gasteiger partial charge in [-0.2, -0.15) is 0 Å². The predicted octanol–water partition coefficient (Wildman–Crippen LogP) is 3.90. The summed E-state index contributed by atoms with van der Waals surface area (Å²) in [4.78, 5) is 19.0. The lowest BCUT2D eigenvalue weighted by Crippen LogP contribution is -2.41. The van der Waals surface area contributed by atoms with Crippen molar-refractivity contribution < 1.29 is 4.79 Å². The van der Waals surface area contributed by atoms with Gasteiger partial charge in [0.1, 0.15) is 5.82 Å². The number of primary amides is 1. The standard InChI is InChI=1S/C23H21N3O/c24-22(27)18-15-21(25-20-8-4-2-6-17(18)20)26-13-11-23(12-14-26)10-9-16-5-1-3-7-19(16)23/h1-10,15H,11-14H2,(H2,24,27). The smallest absolute Gasteiger partial charge is 0.249 e. The highest BCUT2D eigenvalue weighted by atomic mass is 16.1. The Morgan fingerprint density at radius 2 is 1.78 bits per heavy atom. The number of carbonyl (C=O) groups excluding carboxylic acids is 1. The van der Waals surface area contributed by atoms with Crippen LogP contribution in [0.2, 0.25) is 0 Å². The molecular weight excluding hydrogens is 334 g/mol. The summed E-state index contributed by atoms with van der Waals surface area (Å²) in [7, 11) is 0. The molecule has 1 spiro atoms. The Balaban J connectivity index is 1.47. The first kappa shape index (κ1) is 16.1. The number of benzene rings is 2. The summed E-state index contributed by atoms with van der Waals surface area (Å²) in [5, 5.41) is 0.815. The van der Waals surface area contributed by atoms with Crippen LogP contribution in [0.4, 0.5) is 5.82 Å². The van der Waals surface area contributed by atoms with E-state index in [1.807, 2.05) is 30.3 Å². The van der Waals surface area contributed by atoms with Crippen molar-refractivity contribution in [1.29, 1.82) is 0 Å². The molecule has 4 nitrogen and oxygen atoms in total. The molecule has 3 aromatic rings. The second-order valence-electron chi connectivity index (χ2n) is 7.47. The first-order valence-electron chi connectivity index (χ1n) is 9.40. The second kappa shape index (κ2) is 5.95. The van der Waals surface area contributed by atoms with E-state index in [0.717, 1.165) is 42.7 Å². The number of carbonyl (C=O) groups is 1. The molecule has 1 saturated heterocycles. The van der Waals surface area contributed by atoms with E-state index in [2.05, 4.69) is 41.3 Å². The van der Waals surface area contributed by atoms with Crippen LogP contribution in [0.1, 0.15) is 34.3 Å². The maximum Gasteiger partial charge on any atom is 0.249 e. The maximum absolute atomic E-state index is 12.0. The van der Waals surface area contributed by atoms with Crippen molar-refractivity contribution >= 4 is 28.7 Å². The van der Waals surface area contributed by atoms with Gasteiger partial charge >= 0.3 is 0 Å². The third-order valence-electron chi connectivity index (χ3n) is 6.03. The van der Waals surface area contributed by atoms with Crippen LogP contribution in [0.3, 0.4) is 0 Å². The Bertz CT molecular complexity index is 1080. The molecule has 1 aliphatic carbocycles. The SMILES string of the molecule is NC(=O)c1cc(N2CCC3(C=Cc4ccccc43)CC2)nc2ccccc12. The fraction of sp³-hybridized carbons (Fsp3) is 0.217. The summed E-state index contributed by atoms with van der Waals surface area (Å²) < 4.78 is 0. The van der Waals surface area contributed by atoms with Gasteiger partial charge in [-0.25, -0.2) is 4.98 Å². The summed E-state index contributed by atoms with van der Waals surface area (Å²) in [5.41, 5.74) is 9.90. The molecule has 1 amide bonds. The monoisotopic (exact) mass is 355 g/mol. The maximum atomic E-state index is 12.0. The lowest BCUT2D eigenvalue weighted by Gasteiger charge is -2.40. The van der Waals surface area contributed by atoms with Gasteiger partial charge in [0, 0.05) is 23.9 Å². The number of piperidine rings is 1. The number of amides is 1. The zero-order valence-electron chi connectivity index (χ0n) is 15.1. The zero-order valence-corrected chi connectivity index (χ0v) is 15.1. The van der Waals surface area contributed by atoms with E-state index in [9.17, 15) is 4.79 Å². The number of hydrogen-bond acceptors (Lipinski definition) is 3. The molecule has 1 fully saturated rings. The molecule has 5 rings (SSSR count). The molecule has 0 radical (unpaired) electrons. The van der Waals surface area contributed by atoms with Crippen molar-refractivity contribution in [2.45, 2.75) is 18.3 Å². The number of allylic oxidation sites excluding steroid dienone is 1. The van der Waals surface area contributed by atoms with E-state index < -0.39 is 5.91 Å². The number of aromatic nitrogens is 1. The Hall–Kier alpha value is -3.14. The minimum absolute atomic E-state index is 0.135. The van der Waals surface area contributed by atoms with E-state index in [4.69, 9.17) is 10.7 Å². The fourth-order valence-corrected chi connectivity index (χ4v) is 4.53. The van der Waals surface area contributed by atoms with Gasteiger partial charge in [0.15, 0.2) is 0 Å². The summed E-state index contributed by atoms with van der Waals surface area (Å²) in [5.74, 6) is 0.434. The number of nitrogens with zero attached hydrogens (tertiary/aromatic N) is 2. The van der Waals surface area contributed by atoms with Crippen molar-refractivity contribution in [3.8, 4) is 0 Å². The van der Waals surface area contributed by atoms with Crippen molar-refractivity contribution in [3.05, 3.63) is 77.4 Å². The molecule has 1 aliphatic heterocycles. The molecule has 134 valence electrons. The fourth-order valence-electron chi connectivity index (χ4n) is 4.53. The average Bonchev–Trinajstić information content (AvgIpc) is 3.06. The van der Waals surface area contributed by atoms with Crippen LogP contribution in [0.15, 0.2) is 60.7 Å². The van der Waals surface area contributed by atoms with Crippen LogP contribution < -0.4 is 10.6 Å². The highest BCUT2D eigenvalue weighted by molar-refractivity contribution is 6.06. The zero-order chi connectivity index (χ0) is 18.4. The number of pyridine rings is 1. The summed E-state index contributed by atoms with van der Waals surface area (Å²) in [6.07, 6.45) is 6.71. The highest BCUT2D eigenvalue weighted by Crippen LogP contribution is 2.44. The predicted molar refractivity (Wildman–Crippen MR) is 109 cm³/mol. The van der Waals surface area contributed by atoms with E-state index in [0.29, 0.717) is 5.56 Å². The lowest BCUT2D eigenvalue weighted by molar-refractivity contribution is 0.100. The Morgan fingerprint density at radius 3 is 2.59 bits per heavy atom. The molecule has 2 aliphatic rings. The van der Waals surface area contributed by atoms with E-state index >= 15 is 0 Å². The second-order valence-corrected chi connectivity index (χ2v) is 7.47. The molecular formula is C23H21N3O. The van der Waals surface area contributed by atoms with E-state index in [1.54, 1.807) is 0 Å². The van der Waals surface area contributed by atoms with Crippen molar-refractivity contribution in [3.63, 3.8) is 0 Å². The minimum atomic E-state index is -0.406. The number of anilines is 1. The highest BCUT2D eigenvalue weighted by Gasteiger charge is 2.38. The topological polar surface area (TPSA) is 59.2 Å². The van der Waals surface area contributed by atoms with Crippen molar-refractivity contribution in [2.24, 2.45) is 5.73 Å². The van der Waals surface area contributed by atoms with Crippen molar-refractivity contribution in [1.82, 2.24) is 4.98 Å². The van der Waals surface area contributed by atoms with Crippen LogP contribution in [0.25, 0.3) is 17.0 Å². The van der Waals surface area contributed by atoms with Gasteiger partial charge in [0.25, 0.3) is 0 Å². The quantitative estimate of drug-likeness (QED) is 0.758. The van der Waals surface area contributed by atoms with Crippen LogP contribution in [0, 0.1) is 0 Å². The first-order chi connectivity index (χ1) is 13.2. The largest absolute Gasteiger partial charge is 0.366 e. The molecule has 27 heavy (non-hydrogen) atoms. The minimum Gasteiger partial charge on any atom is -0.366 e. The number of hydrogen-bond donors (Lipinski definition) is 1. The van der Waals surface area contributed by atoms with Gasteiger partial charge in [0.05, 0.1) is 11.1 Å². The third kappa shape index (κ3) is 2.52. The Morgan fingerprint density at radius 1 is 1.04 bits per heavy atom. The van der Waals surface area contributed by atoms with E-state index in [1.165, 1.54) is 11.1 Å².